The maximum absolute atomic E-state index is 4.65. The van der Waals surface area contributed by atoms with Crippen molar-refractivity contribution in [3.63, 3.8) is 0 Å². The second-order valence-electron chi connectivity index (χ2n) is 5.51. The summed E-state index contributed by atoms with van der Waals surface area (Å²) in [4.78, 5) is 4.65. The summed E-state index contributed by atoms with van der Waals surface area (Å²) in [6.07, 6.45) is 5.54. The monoisotopic (exact) mass is 252 g/mol. The first kappa shape index (κ1) is 12.2. The number of pyridine rings is 1. The maximum atomic E-state index is 4.65. The predicted molar refractivity (Wildman–Crippen MR) is 79.5 cm³/mol. The summed E-state index contributed by atoms with van der Waals surface area (Å²) in [6.45, 7) is 4.23. The zero-order valence-electron chi connectivity index (χ0n) is 11.6. The third-order valence-corrected chi connectivity index (χ3v) is 3.80. The highest BCUT2D eigenvalue weighted by atomic mass is 14.9. The minimum Gasteiger partial charge on any atom is -0.377 e. The number of nitrogens with zero attached hydrogens (tertiary/aromatic N) is 1. The first-order chi connectivity index (χ1) is 9.22. The number of anilines is 1. The van der Waals surface area contributed by atoms with Gasteiger partial charge in [-0.15, -0.1) is 0 Å². The van der Waals surface area contributed by atoms with Crippen molar-refractivity contribution in [1.82, 2.24) is 4.98 Å². The van der Waals surface area contributed by atoms with E-state index in [1.807, 2.05) is 6.20 Å². The molecule has 1 aliphatic carbocycles. The van der Waals surface area contributed by atoms with Gasteiger partial charge in [0.05, 0.1) is 11.7 Å². The smallest absolute Gasteiger partial charge is 0.0688 e. The molecule has 0 radical (unpaired) electrons. The van der Waals surface area contributed by atoms with Crippen LogP contribution in [0.3, 0.4) is 0 Å². The number of rotatable bonds is 2. The van der Waals surface area contributed by atoms with E-state index in [1.54, 1.807) is 0 Å². The zero-order chi connectivity index (χ0) is 13.2. The molecular formula is C17H20N2. The van der Waals surface area contributed by atoms with E-state index >= 15 is 0 Å². The molecule has 0 bridgehead atoms. The average Bonchev–Trinajstić information content (AvgIpc) is 2.41. The summed E-state index contributed by atoms with van der Waals surface area (Å²) in [5.74, 6) is 0. The molecule has 0 spiro atoms. The number of nitrogens with one attached hydrogen (secondary N) is 1. The SMILES string of the molecule is Cc1ccc(NC2CCCc3cc(C)cnc32)cc1. The van der Waals surface area contributed by atoms with Crippen LogP contribution in [0, 0.1) is 13.8 Å². The molecule has 1 atom stereocenters. The van der Waals surface area contributed by atoms with Crippen LogP contribution in [0.5, 0.6) is 0 Å². The predicted octanol–water partition coefficient (Wildman–Crippen LogP) is 4.19. The number of hydrogen-bond donors (Lipinski definition) is 1. The highest BCUT2D eigenvalue weighted by molar-refractivity contribution is 5.47. The highest BCUT2D eigenvalue weighted by Crippen LogP contribution is 2.31. The Morgan fingerprint density at radius 1 is 1.11 bits per heavy atom. The molecule has 0 aliphatic heterocycles. The number of aryl methyl sites for hydroxylation is 3. The second kappa shape index (κ2) is 5.04. The third kappa shape index (κ3) is 2.62. The number of benzene rings is 1. The highest BCUT2D eigenvalue weighted by Gasteiger charge is 2.21. The zero-order valence-corrected chi connectivity index (χ0v) is 11.6. The molecule has 1 heterocycles. The van der Waals surface area contributed by atoms with Crippen LogP contribution in [0.15, 0.2) is 36.5 Å². The van der Waals surface area contributed by atoms with Gasteiger partial charge in [-0.3, -0.25) is 4.98 Å². The lowest BCUT2D eigenvalue weighted by molar-refractivity contribution is 0.583. The van der Waals surface area contributed by atoms with Crippen LogP contribution >= 0.6 is 0 Å². The van der Waals surface area contributed by atoms with E-state index in [-0.39, 0.29) is 0 Å². The molecule has 3 rings (SSSR count). The third-order valence-electron chi connectivity index (χ3n) is 3.80. The van der Waals surface area contributed by atoms with Crippen molar-refractivity contribution < 1.29 is 0 Å². The number of hydrogen-bond acceptors (Lipinski definition) is 2. The van der Waals surface area contributed by atoms with E-state index in [4.69, 9.17) is 0 Å². The fraction of sp³-hybridized carbons (Fsp3) is 0.353. The lowest BCUT2D eigenvalue weighted by Crippen LogP contribution is -2.19. The van der Waals surface area contributed by atoms with Gasteiger partial charge in [0, 0.05) is 11.9 Å². The van der Waals surface area contributed by atoms with Gasteiger partial charge in [-0.2, -0.15) is 0 Å². The van der Waals surface area contributed by atoms with Crippen LogP contribution in [0.1, 0.15) is 41.3 Å². The summed E-state index contributed by atoms with van der Waals surface area (Å²) in [5.41, 5.74) is 6.39. The second-order valence-corrected chi connectivity index (χ2v) is 5.51. The van der Waals surface area contributed by atoms with Gasteiger partial charge >= 0.3 is 0 Å². The molecular weight excluding hydrogens is 232 g/mol. The van der Waals surface area contributed by atoms with Crippen LogP contribution in [0.4, 0.5) is 5.69 Å². The number of fused-ring (bicyclic) bond motifs is 1. The molecule has 2 aromatic rings. The Bertz CT molecular complexity index is 572. The van der Waals surface area contributed by atoms with Gasteiger partial charge in [0.25, 0.3) is 0 Å². The van der Waals surface area contributed by atoms with E-state index in [1.165, 1.54) is 34.5 Å². The Kier molecular flexibility index (Phi) is 3.24. The summed E-state index contributed by atoms with van der Waals surface area (Å²) in [6, 6.07) is 11.2. The van der Waals surface area contributed by atoms with Crippen molar-refractivity contribution in [3.8, 4) is 0 Å². The van der Waals surface area contributed by atoms with E-state index in [0.717, 1.165) is 12.8 Å². The van der Waals surface area contributed by atoms with Crippen LogP contribution < -0.4 is 5.32 Å². The molecule has 0 saturated heterocycles. The molecule has 1 aromatic carbocycles. The van der Waals surface area contributed by atoms with Crippen molar-refractivity contribution in [1.29, 1.82) is 0 Å². The van der Waals surface area contributed by atoms with Crippen molar-refractivity contribution in [2.24, 2.45) is 0 Å². The minimum atomic E-state index is 0.354. The van der Waals surface area contributed by atoms with Gasteiger partial charge in [0.1, 0.15) is 0 Å². The van der Waals surface area contributed by atoms with Gasteiger partial charge in [0.15, 0.2) is 0 Å². The molecule has 2 nitrogen and oxygen atoms in total. The van der Waals surface area contributed by atoms with Crippen LogP contribution in [-0.4, -0.2) is 4.98 Å². The molecule has 1 unspecified atom stereocenters. The molecule has 2 heteroatoms. The van der Waals surface area contributed by atoms with Crippen LogP contribution in [0.2, 0.25) is 0 Å². The molecule has 1 N–H and O–H groups in total. The molecule has 1 aromatic heterocycles. The molecule has 1 aliphatic rings. The lowest BCUT2D eigenvalue weighted by Gasteiger charge is -2.26. The Morgan fingerprint density at radius 2 is 1.89 bits per heavy atom. The summed E-state index contributed by atoms with van der Waals surface area (Å²) in [7, 11) is 0. The van der Waals surface area contributed by atoms with Gasteiger partial charge < -0.3 is 5.32 Å². The van der Waals surface area contributed by atoms with Crippen molar-refractivity contribution in [3.05, 3.63) is 58.9 Å². The minimum absolute atomic E-state index is 0.354. The normalized spacial score (nSPS) is 17.9. The summed E-state index contributed by atoms with van der Waals surface area (Å²) >= 11 is 0. The van der Waals surface area contributed by atoms with Crippen LogP contribution in [-0.2, 0) is 6.42 Å². The fourth-order valence-electron chi connectivity index (χ4n) is 2.78. The van der Waals surface area contributed by atoms with Crippen LogP contribution in [0.25, 0.3) is 0 Å². The average molecular weight is 252 g/mol. The fourth-order valence-corrected chi connectivity index (χ4v) is 2.78. The van der Waals surface area contributed by atoms with E-state index < -0.39 is 0 Å². The molecule has 98 valence electrons. The van der Waals surface area contributed by atoms with Gasteiger partial charge in [-0.1, -0.05) is 23.8 Å². The Morgan fingerprint density at radius 3 is 2.68 bits per heavy atom. The van der Waals surface area contributed by atoms with Gasteiger partial charge in [-0.05, 0) is 56.4 Å². The standard InChI is InChI=1S/C17H20N2/c1-12-6-8-15(9-7-12)19-16-5-3-4-14-10-13(2)11-18-17(14)16/h6-11,16,19H,3-5H2,1-2H3. The molecule has 0 amide bonds. The Balaban J connectivity index is 1.85. The molecule has 0 saturated carbocycles. The van der Waals surface area contributed by atoms with Gasteiger partial charge in [0.2, 0.25) is 0 Å². The lowest BCUT2D eigenvalue weighted by atomic mass is 9.91. The largest absolute Gasteiger partial charge is 0.377 e. The summed E-state index contributed by atoms with van der Waals surface area (Å²) < 4.78 is 0. The van der Waals surface area contributed by atoms with E-state index in [9.17, 15) is 0 Å². The first-order valence-electron chi connectivity index (χ1n) is 7.01. The molecule has 19 heavy (non-hydrogen) atoms. The first-order valence-corrected chi connectivity index (χ1v) is 7.01. The topological polar surface area (TPSA) is 24.9 Å². The van der Waals surface area contributed by atoms with Crippen molar-refractivity contribution in [2.45, 2.75) is 39.2 Å². The van der Waals surface area contributed by atoms with Crippen molar-refractivity contribution >= 4 is 5.69 Å². The summed E-state index contributed by atoms with van der Waals surface area (Å²) in [5, 5.41) is 3.62. The van der Waals surface area contributed by atoms with Crippen molar-refractivity contribution in [2.75, 3.05) is 5.32 Å². The van der Waals surface area contributed by atoms with E-state index in [2.05, 4.69) is 54.5 Å². The van der Waals surface area contributed by atoms with Gasteiger partial charge in [-0.25, -0.2) is 0 Å². The van der Waals surface area contributed by atoms with E-state index in [0.29, 0.717) is 6.04 Å². The quantitative estimate of drug-likeness (QED) is 0.867. The number of aromatic nitrogens is 1. The molecule has 0 fully saturated rings. The Hall–Kier alpha value is -1.83. The Labute approximate surface area is 114 Å². The maximum Gasteiger partial charge on any atom is 0.0688 e.